The zero-order valence-corrected chi connectivity index (χ0v) is 26.7. The molecule has 1 fully saturated rings. The zero-order chi connectivity index (χ0) is 27.2. The summed E-state index contributed by atoms with van der Waals surface area (Å²) in [5.41, 5.74) is 1.80. The molecule has 10 heteroatoms. The van der Waals surface area contributed by atoms with Gasteiger partial charge in [0.15, 0.2) is 11.5 Å². The third kappa shape index (κ3) is 8.69. The number of benzene rings is 2. The van der Waals surface area contributed by atoms with Gasteiger partial charge in [0.05, 0.1) is 69.8 Å². The second-order valence-corrected chi connectivity index (χ2v) is 11.3. The molecule has 0 aromatic heterocycles. The van der Waals surface area contributed by atoms with Gasteiger partial charge in [-0.15, -0.1) is 0 Å². The standard InChI is InChI=1S/C28H39Cl2N3O4.HI/c1-18(2)24(32-28(34)31-21-15-25(35-4)27(37-6)26(16-21)36-5)17-33(3)11-9-19(10-12-33)13-20-7-8-22(29)23(30)14-20;/h7-8,14-16,18-19,24H,9-13,17H2,1-6H3,(H-,31,32,34);1H/t19?,24-,33?;/m1./s1. The third-order valence-electron chi connectivity index (χ3n) is 7.34. The summed E-state index contributed by atoms with van der Waals surface area (Å²) in [5, 5.41) is 7.34. The summed E-state index contributed by atoms with van der Waals surface area (Å²) in [6.07, 6.45) is 3.29. The summed E-state index contributed by atoms with van der Waals surface area (Å²) >= 11 is 12.3. The van der Waals surface area contributed by atoms with Gasteiger partial charge in [-0.2, -0.15) is 0 Å². The SMILES string of the molecule is COc1cc(NC(=O)N[C@H](C[N+]2(C)CCC(Cc3ccc(Cl)c(Cl)c3)CC2)C(C)C)cc(OC)c1OC.[I-]. The van der Waals surface area contributed by atoms with E-state index in [1.807, 2.05) is 12.1 Å². The van der Waals surface area contributed by atoms with Crippen LogP contribution in [0.5, 0.6) is 17.2 Å². The molecule has 1 saturated heterocycles. The minimum Gasteiger partial charge on any atom is -1.00 e. The lowest BCUT2D eigenvalue weighted by Crippen LogP contribution is -3.00. The van der Waals surface area contributed by atoms with Crippen LogP contribution in [-0.2, 0) is 6.42 Å². The number of quaternary nitrogens is 1. The fourth-order valence-corrected chi connectivity index (χ4v) is 5.34. The van der Waals surface area contributed by atoms with Gasteiger partial charge in [-0.1, -0.05) is 43.1 Å². The average molecular weight is 680 g/mol. The highest BCUT2D eigenvalue weighted by Crippen LogP contribution is 2.40. The summed E-state index contributed by atoms with van der Waals surface area (Å²) in [7, 11) is 6.94. The largest absolute Gasteiger partial charge is 1.00 e. The first kappa shape index (κ1) is 32.6. The van der Waals surface area contributed by atoms with Gasteiger partial charge in [0, 0.05) is 12.1 Å². The summed E-state index contributed by atoms with van der Waals surface area (Å²) in [4.78, 5) is 13.0. The Labute approximate surface area is 254 Å². The highest BCUT2D eigenvalue weighted by molar-refractivity contribution is 6.42. The van der Waals surface area contributed by atoms with Crippen LogP contribution in [0.15, 0.2) is 30.3 Å². The molecule has 2 aromatic rings. The second kappa shape index (κ2) is 14.7. The molecule has 0 spiro atoms. The van der Waals surface area contributed by atoms with Gasteiger partial charge in [-0.05, 0) is 48.8 Å². The predicted molar refractivity (Wildman–Crippen MR) is 151 cm³/mol. The van der Waals surface area contributed by atoms with E-state index >= 15 is 0 Å². The van der Waals surface area contributed by atoms with E-state index in [0.717, 1.165) is 43.4 Å². The number of carbonyl (C=O) groups is 1. The summed E-state index contributed by atoms with van der Waals surface area (Å²) < 4.78 is 17.1. The number of halogens is 3. The van der Waals surface area contributed by atoms with Crippen LogP contribution in [0.3, 0.4) is 0 Å². The first-order valence-electron chi connectivity index (χ1n) is 12.7. The number of rotatable bonds is 10. The first-order chi connectivity index (χ1) is 17.6. The van der Waals surface area contributed by atoms with Crippen LogP contribution in [0.2, 0.25) is 10.0 Å². The molecule has 2 aromatic carbocycles. The minimum atomic E-state index is -0.255. The van der Waals surface area contributed by atoms with Crippen molar-refractivity contribution in [3.05, 3.63) is 45.9 Å². The number of hydrogen-bond donors (Lipinski definition) is 2. The van der Waals surface area contributed by atoms with Crippen LogP contribution in [0.1, 0.15) is 32.3 Å². The predicted octanol–water partition coefficient (Wildman–Crippen LogP) is 3.27. The maximum atomic E-state index is 13.0. The Balaban J connectivity index is 0.00000507. The third-order valence-corrected chi connectivity index (χ3v) is 8.08. The molecular weight excluding hydrogens is 640 g/mol. The highest BCUT2D eigenvalue weighted by atomic mass is 127. The Morgan fingerprint density at radius 1 is 1.00 bits per heavy atom. The van der Waals surface area contributed by atoms with Crippen LogP contribution < -0.4 is 48.8 Å². The van der Waals surface area contributed by atoms with Crippen molar-refractivity contribution in [2.75, 3.05) is 53.3 Å². The van der Waals surface area contributed by atoms with Crippen molar-refractivity contribution in [3.63, 3.8) is 0 Å². The summed E-state index contributed by atoms with van der Waals surface area (Å²) in [6.45, 7) is 7.32. The van der Waals surface area contributed by atoms with Gasteiger partial charge in [-0.25, -0.2) is 4.79 Å². The molecule has 0 unspecified atom stereocenters. The number of carbonyl (C=O) groups excluding carboxylic acids is 1. The van der Waals surface area contributed by atoms with Gasteiger partial charge in [0.1, 0.15) is 0 Å². The number of likely N-dealkylation sites (N-methyl/N-ethyl adjacent to an activating group) is 1. The first-order valence-corrected chi connectivity index (χ1v) is 13.5. The van der Waals surface area contributed by atoms with Gasteiger partial charge >= 0.3 is 6.03 Å². The molecule has 1 heterocycles. The molecule has 1 aliphatic rings. The number of piperidine rings is 1. The number of nitrogens with one attached hydrogen (secondary N) is 2. The molecule has 0 radical (unpaired) electrons. The van der Waals surface area contributed by atoms with Crippen molar-refractivity contribution in [1.29, 1.82) is 0 Å². The average Bonchev–Trinajstić information content (AvgIpc) is 2.86. The molecule has 0 saturated carbocycles. The van der Waals surface area contributed by atoms with Gasteiger partial charge in [0.25, 0.3) is 0 Å². The van der Waals surface area contributed by atoms with Crippen LogP contribution in [0.25, 0.3) is 0 Å². The van der Waals surface area contributed by atoms with Gasteiger partial charge < -0.3 is 53.3 Å². The Kier molecular flexibility index (Phi) is 12.6. The number of hydrogen-bond acceptors (Lipinski definition) is 4. The van der Waals surface area contributed by atoms with E-state index < -0.39 is 0 Å². The number of methoxy groups -OCH3 is 3. The number of amides is 2. The van der Waals surface area contributed by atoms with E-state index in [9.17, 15) is 4.79 Å². The maximum Gasteiger partial charge on any atom is 0.319 e. The zero-order valence-electron chi connectivity index (χ0n) is 23.1. The van der Waals surface area contributed by atoms with E-state index in [1.54, 1.807) is 33.5 Å². The van der Waals surface area contributed by atoms with Crippen molar-refractivity contribution in [1.82, 2.24) is 5.32 Å². The lowest BCUT2D eigenvalue weighted by atomic mass is 9.88. The van der Waals surface area contributed by atoms with Gasteiger partial charge in [-0.3, -0.25) is 0 Å². The summed E-state index contributed by atoms with van der Waals surface area (Å²) in [5.74, 6) is 2.36. The van der Waals surface area contributed by atoms with Crippen molar-refractivity contribution in [2.24, 2.45) is 11.8 Å². The Bertz CT molecular complexity index is 1050. The topological polar surface area (TPSA) is 68.8 Å². The molecule has 2 N–H and O–H groups in total. The molecule has 1 aliphatic heterocycles. The van der Waals surface area contributed by atoms with Crippen molar-refractivity contribution < 1.29 is 47.5 Å². The Morgan fingerprint density at radius 3 is 2.11 bits per heavy atom. The molecular formula is C28H40Cl2IN3O4. The normalized spacial score (nSPS) is 19.8. The molecule has 212 valence electrons. The number of urea groups is 1. The highest BCUT2D eigenvalue weighted by Gasteiger charge is 2.34. The molecule has 0 aliphatic carbocycles. The van der Waals surface area contributed by atoms with E-state index in [0.29, 0.717) is 38.9 Å². The van der Waals surface area contributed by atoms with Crippen LogP contribution >= 0.6 is 23.2 Å². The summed E-state index contributed by atoms with van der Waals surface area (Å²) in [6, 6.07) is 9.15. The fraction of sp³-hybridized carbons (Fsp3) is 0.536. The number of nitrogens with zero attached hydrogens (tertiary/aromatic N) is 1. The monoisotopic (exact) mass is 679 g/mol. The van der Waals surface area contributed by atoms with E-state index in [1.165, 1.54) is 5.56 Å². The quantitative estimate of drug-likeness (QED) is 0.299. The number of likely N-dealkylation sites (tertiary alicyclic amines) is 1. The molecule has 7 nitrogen and oxygen atoms in total. The lowest BCUT2D eigenvalue weighted by molar-refractivity contribution is -0.916. The second-order valence-electron chi connectivity index (χ2n) is 10.5. The van der Waals surface area contributed by atoms with Crippen LogP contribution in [-0.4, -0.2) is 64.6 Å². The smallest absolute Gasteiger partial charge is 0.319 e. The maximum absolute atomic E-state index is 13.0. The molecule has 2 amide bonds. The van der Waals surface area contributed by atoms with E-state index in [4.69, 9.17) is 37.4 Å². The number of anilines is 1. The van der Waals surface area contributed by atoms with Gasteiger partial charge in [0.2, 0.25) is 5.75 Å². The number of ether oxygens (including phenoxy) is 3. The van der Waals surface area contributed by atoms with Crippen molar-refractivity contribution >= 4 is 34.9 Å². The van der Waals surface area contributed by atoms with E-state index in [2.05, 4.69) is 37.6 Å². The molecule has 38 heavy (non-hydrogen) atoms. The van der Waals surface area contributed by atoms with E-state index in [-0.39, 0.29) is 42.0 Å². The van der Waals surface area contributed by atoms with Crippen molar-refractivity contribution in [3.8, 4) is 17.2 Å². The molecule has 3 rings (SSSR count). The van der Waals surface area contributed by atoms with Crippen LogP contribution in [0, 0.1) is 11.8 Å². The fourth-order valence-electron chi connectivity index (χ4n) is 5.02. The molecule has 1 atom stereocenters. The lowest BCUT2D eigenvalue weighted by Gasteiger charge is -2.43. The minimum absolute atomic E-state index is 0. The Morgan fingerprint density at radius 2 is 1.61 bits per heavy atom. The van der Waals surface area contributed by atoms with Crippen LogP contribution in [0.4, 0.5) is 10.5 Å². The Hall–Kier alpha value is -1.62. The molecule has 0 bridgehead atoms. The van der Waals surface area contributed by atoms with Crippen molar-refractivity contribution in [2.45, 2.75) is 39.2 Å².